The molecule has 25 heavy (non-hydrogen) atoms. The van der Waals surface area contributed by atoms with Gasteiger partial charge in [0.2, 0.25) is 0 Å². The van der Waals surface area contributed by atoms with Crippen LogP contribution >= 0.6 is 0 Å². The Morgan fingerprint density at radius 2 is 1.80 bits per heavy atom. The van der Waals surface area contributed by atoms with Crippen LogP contribution in [0.2, 0.25) is 0 Å². The van der Waals surface area contributed by atoms with E-state index in [1.165, 1.54) is 17.7 Å². The number of hydrogen-bond donors (Lipinski definition) is 2. The molecular formula is C20H34N4O. The van der Waals surface area contributed by atoms with E-state index in [4.69, 9.17) is 4.74 Å². The largest absolute Gasteiger partial charge is 0.378 e. The molecule has 0 radical (unpaired) electrons. The van der Waals surface area contributed by atoms with E-state index in [1.807, 2.05) is 7.05 Å². The fourth-order valence-corrected chi connectivity index (χ4v) is 2.92. The Balaban J connectivity index is 1.78. The molecule has 5 heteroatoms. The van der Waals surface area contributed by atoms with E-state index >= 15 is 0 Å². The number of anilines is 1. The Morgan fingerprint density at radius 3 is 2.40 bits per heavy atom. The van der Waals surface area contributed by atoms with Gasteiger partial charge in [0, 0.05) is 38.4 Å². The number of hydrogen-bond acceptors (Lipinski definition) is 3. The van der Waals surface area contributed by atoms with Crippen molar-refractivity contribution in [1.29, 1.82) is 0 Å². The molecule has 1 aromatic rings. The summed E-state index contributed by atoms with van der Waals surface area (Å²) < 4.78 is 5.41. The van der Waals surface area contributed by atoms with Crippen molar-refractivity contribution in [3.8, 4) is 0 Å². The molecule has 0 aliphatic carbocycles. The fraction of sp³-hybridized carbons (Fsp3) is 0.650. The van der Waals surface area contributed by atoms with Crippen molar-refractivity contribution >= 4 is 11.6 Å². The third-order valence-electron chi connectivity index (χ3n) is 4.56. The van der Waals surface area contributed by atoms with Gasteiger partial charge in [0.05, 0.1) is 13.2 Å². The molecule has 1 aliphatic rings. The summed E-state index contributed by atoms with van der Waals surface area (Å²) in [6.45, 7) is 11.1. The third-order valence-corrected chi connectivity index (χ3v) is 4.56. The van der Waals surface area contributed by atoms with Crippen molar-refractivity contribution in [1.82, 2.24) is 10.6 Å². The summed E-state index contributed by atoms with van der Waals surface area (Å²) in [7, 11) is 1.83. The highest BCUT2D eigenvalue weighted by Gasteiger charge is 2.11. The first kappa shape index (κ1) is 19.6. The van der Waals surface area contributed by atoms with E-state index in [-0.39, 0.29) is 0 Å². The summed E-state index contributed by atoms with van der Waals surface area (Å²) >= 11 is 0. The second kappa shape index (κ2) is 10.3. The van der Waals surface area contributed by atoms with Crippen molar-refractivity contribution in [2.45, 2.75) is 46.2 Å². The average Bonchev–Trinajstić information content (AvgIpc) is 2.64. The number of aliphatic imine (C=N–C) groups is 1. The van der Waals surface area contributed by atoms with Crippen molar-refractivity contribution in [2.75, 3.05) is 38.3 Å². The lowest BCUT2D eigenvalue weighted by Gasteiger charge is -2.29. The molecular weight excluding hydrogens is 312 g/mol. The minimum absolute atomic E-state index is 0.428. The lowest BCUT2D eigenvalue weighted by molar-refractivity contribution is 0.122. The molecule has 1 heterocycles. The maximum Gasteiger partial charge on any atom is 0.191 e. The third kappa shape index (κ3) is 6.94. The Kier molecular flexibility index (Phi) is 8.06. The number of nitrogens with one attached hydrogen (secondary N) is 2. The van der Waals surface area contributed by atoms with E-state index in [9.17, 15) is 0 Å². The molecule has 2 N–H and O–H groups in total. The van der Waals surface area contributed by atoms with Gasteiger partial charge in [-0.15, -0.1) is 0 Å². The molecule has 140 valence electrons. The topological polar surface area (TPSA) is 48.9 Å². The first-order valence-corrected chi connectivity index (χ1v) is 9.47. The summed E-state index contributed by atoms with van der Waals surface area (Å²) in [6.07, 6.45) is 2.39. The van der Waals surface area contributed by atoms with Crippen LogP contribution < -0.4 is 15.5 Å². The summed E-state index contributed by atoms with van der Waals surface area (Å²) in [5, 5.41) is 6.88. The zero-order valence-corrected chi connectivity index (χ0v) is 16.2. The molecule has 1 saturated heterocycles. The molecule has 0 saturated carbocycles. The van der Waals surface area contributed by atoms with Crippen LogP contribution in [0.3, 0.4) is 0 Å². The molecule has 0 spiro atoms. The number of benzene rings is 1. The molecule has 2 rings (SSSR count). The Bertz CT molecular complexity index is 521. The Labute approximate surface area is 152 Å². The second-order valence-electron chi connectivity index (χ2n) is 7.21. The number of guanidine groups is 1. The summed E-state index contributed by atoms with van der Waals surface area (Å²) in [5.41, 5.74) is 2.53. The van der Waals surface area contributed by atoms with E-state index in [0.29, 0.717) is 6.04 Å². The predicted octanol–water partition coefficient (Wildman–Crippen LogP) is 3.01. The molecule has 1 unspecified atom stereocenters. The normalized spacial score (nSPS) is 16.8. The van der Waals surface area contributed by atoms with Crippen LogP contribution in [-0.4, -0.2) is 45.4 Å². The SMILES string of the molecule is CN=C(NCc1ccc(N2CCOCC2)cc1)NC(C)CCC(C)C. The Morgan fingerprint density at radius 1 is 1.12 bits per heavy atom. The predicted molar refractivity (Wildman–Crippen MR) is 106 cm³/mol. The van der Waals surface area contributed by atoms with Gasteiger partial charge in [-0.1, -0.05) is 26.0 Å². The molecule has 0 amide bonds. The quantitative estimate of drug-likeness (QED) is 0.589. The van der Waals surface area contributed by atoms with Gasteiger partial charge in [-0.2, -0.15) is 0 Å². The van der Waals surface area contributed by atoms with Crippen molar-refractivity contribution in [3.05, 3.63) is 29.8 Å². The molecule has 0 bridgehead atoms. The van der Waals surface area contributed by atoms with E-state index < -0.39 is 0 Å². The van der Waals surface area contributed by atoms with Crippen molar-refractivity contribution in [3.63, 3.8) is 0 Å². The van der Waals surface area contributed by atoms with Gasteiger partial charge >= 0.3 is 0 Å². The maximum absolute atomic E-state index is 5.41. The van der Waals surface area contributed by atoms with E-state index in [1.54, 1.807) is 0 Å². The first-order chi connectivity index (χ1) is 12.1. The van der Waals surface area contributed by atoms with Crippen molar-refractivity contribution in [2.24, 2.45) is 10.9 Å². The van der Waals surface area contributed by atoms with Gasteiger partial charge in [-0.25, -0.2) is 0 Å². The molecule has 1 aliphatic heterocycles. The molecule has 1 aromatic carbocycles. The maximum atomic E-state index is 5.41. The lowest BCUT2D eigenvalue weighted by Crippen LogP contribution is -2.41. The number of ether oxygens (including phenoxy) is 1. The number of morpholine rings is 1. The van der Waals surface area contributed by atoms with Crippen LogP contribution in [0.1, 0.15) is 39.2 Å². The van der Waals surface area contributed by atoms with Gasteiger partial charge in [0.15, 0.2) is 5.96 Å². The van der Waals surface area contributed by atoms with Crippen molar-refractivity contribution < 1.29 is 4.74 Å². The summed E-state index contributed by atoms with van der Waals surface area (Å²) in [5.74, 6) is 1.61. The number of nitrogens with zero attached hydrogens (tertiary/aromatic N) is 2. The van der Waals surface area contributed by atoms with Gasteiger partial charge in [-0.3, -0.25) is 4.99 Å². The minimum atomic E-state index is 0.428. The van der Waals surface area contributed by atoms with Crippen LogP contribution in [-0.2, 0) is 11.3 Å². The van der Waals surface area contributed by atoms with Crippen LogP contribution in [0.25, 0.3) is 0 Å². The van der Waals surface area contributed by atoms with E-state index in [2.05, 4.69) is 65.6 Å². The fourth-order valence-electron chi connectivity index (χ4n) is 2.92. The zero-order chi connectivity index (χ0) is 18.1. The summed E-state index contributed by atoms with van der Waals surface area (Å²) in [4.78, 5) is 6.71. The van der Waals surface area contributed by atoms with Gasteiger partial charge < -0.3 is 20.3 Å². The Hall–Kier alpha value is -1.75. The average molecular weight is 347 g/mol. The van der Waals surface area contributed by atoms with Crippen LogP contribution in [0.15, 0.2) is 29.3 Å². The van der Waals surface area contributed by atoms with Crippen LogP contribution in [0, 0.1) is 5.92 Å². The smallest absolute Gasteiger partial charge is 0.191 e. The molecule has 0 aromatic heterocycles. The van der Waals surface area contributed by atoms with Crippen LogP contribution in [0.4, 0.5) is 5.69 Å². The summed E-state index contributed by atoms with van der Waals surface area (Å²) in [6, 6.07) is 9.20. The second-order valence-corrected chi connectivity index (χ2v) is 7.21. The monoisotopic (exact) mass is 346 g/mol. The van der Waals surface area contributed by atoms with Gasteiger partial charge in [-0.05, 0) is 43.4 Å². The molecule has 5 nitrogen and oxygen atoms in total. The minimum Gasteiger partial charge on any atom is -0.378 e. The highest BCUT2D eigenvalue weighted by atomic mass is 16.5. The zero-order valence-electron chi connectivity index (χ0n) is 16.2. The highest BCUT2D eigenvalue weighted by Crippen LogP contribution is 2.16. The first-order valence-electron chi connectivity index (χ1n) is 9.47. The van der Waals surface area contributed by atoms with Gasteiger partial charge in [0.1, 0.15) is 0 Å². The highest BCUT2D eigenvalue weighted by molar-refractivity contribution is 5.79. The standard InChI is InChI=1S/C20H34N4O/c1-16(2)5-6-17(3)23-20(21-4)22-15-18-7-9-19(10-8-18)24-11-13-25-14-12-24/h7-10,16-17H,5-6,11-15H2,1-4H3,(H2,21,22,23). The number of rotatable bonds is 7. The molecule has 1 atom stereocenters. The van der Waals surface area contributed by atoms with Crippen LogP contribution in [0.5, 0.6) is 0 Å². The lowest BCUT2D eigenvalue weighted by atomic mass is 10.0. The van der Waals surface area contributed by atoms with E-state index in [0.717, 1.165) is 51.1 Å². The van der Waals surface area contributed by atoms with Gasteiger partial charge in [0.25, 0.3) is 0 Å². The molecule has 1 fully saturated rings.